The van der Waals surface area contributed by atoms with Gasteiger partial charge in [-0.15, -0.1) is 0 Å². The van der Waals surface area contributed by atoms with Crippen molar-refractivity contribution in [3.8, 4) is 11.5 Å². The van der Waals surface area contributed by atoms with Gasteiger partial charge >= 0.3 is 0 Å². The molecule has 2 aliphatic heterocycles. The first kappa shape index (κ1) is 20.3. The van der Waals surface area contributed by atoms with Crippen molar-refractivity contribution in [1.29, 1.82) is 0 Å². The Bertz CT molecular complexity index is 1020. The summed E-state index contributed by atoms with van der Waals surface area (Å²) in [4.78, 5) is 14.8. The number of nitrogens with one attached hydrogen (secondary N) is 1. The SMILES string of the molecule is CS(=O)(=O)N(CC(=O)NCc1ccc(N2CCCC2)cc1)c1ccc2c(c1)OCO2. The van der Waals surface area contributed by atoms with Crippen molar-refractivity contribution < 1.29 is 22.7 Å². The van der Waals surface area contributed by atoms with E-state index in [1.165, 1.54) is 18.5 Å². The summed E-state index contributed by atoms with van der Waals surface area (Å²) in [6.07, 6.45) is 3.51. The van der Waals surface area contributed by atoms with Crippen LogP contribution in [0.1, 0.15) is 18.4 Å². The number of carbonyl (C=O) groups is 1. The van der Waals surface area contributed by atoms with Gasteiger partial charge in [-0.25, -0.2) is 8.42 Å². The van der Waals surface area contributed by atoms with Crippen LogP contribution in [0, 0.1) is 0 Å². The molecule has 1 fully saturated rings. The molecule has 2 aromatic carbocycles. The average Bonchev–Trinajstić information content (AvgIpc) is 3.41. The molecule has 1 amide bonds. The van der Waals surface area contributed by atoms with E-state index >= 15 is 0 Å². The van der Waals surface area contributed by atoms with Crippen LogP contribution in [0.3, 0.4) is 0 Å². The van der Waals surface area contributed by atoms with Crippen molar-refractivity contribution in [3.63, 3.8) is 0 Å². The maximum absolute atomic E-state index is 12.5. The number of sulfonamides is 1. The normalized spacial score (nSPS) is 15.3. The second kappa shape index (κ2) is 8.43. The Morgan fingerprint density at radius 1 is 1.07 bits per heavy atom. The van der Waals surface area contributed by atoms with Crippen LogP contribution in [-0.4, -0.2) is 47.0 Å². The van der Waals surface area contributed by atoms with E-state index in [1.807, 2.05) is 12.1 Å². The average molecular weight is 432 g/mol. The van der Waals surface area contributed by atoms with Gasteiger partial charge < -0.3 is 19.7 Å². The zero-order chi connectivity index (χ0) is 21.1. The third kappa shape index (κ3) is 4.62. The highest BCUT2D eigenvalue weighted by Gasteiger charge is 2.23. The molecule has 0 aliphatic carbocycles. The molecule has 4 rings (SSSR count). The van der Waals surface area contributed by atoms with Crippen molar-refractivity contribution in [2.45, 2.75) is 19.4 Å². The van der Waals surface area contributed by atoms with E-state index in [9.17, 15) is 13.2 Å². The Kier molecular flexibility index (Phi) is 5.72. The fourth-order valence-electron chi connectivity index (χ4n) is 3.63. The van der Waals surface area contributed by atoms with Crippen LogP contribution in [0.25, 0.3) is 0 Å². The van der Waals surface area contributed by atoms with Crippen LogP contribution in [0.4, 0.5) is 11.4 Å². The van der Waals surface area contributed by atoms with Gasteiger partial charge in [0.15, 0.2) is 11.5 Å². The highest BCUT2D eigenvalue weighted by molar-refractivity contribution is 7.92. The van der Waals surface area contributed by atoms with E-state index in [2.05, 4.69) is 22.3 Å². The first-order valence-corrected chi connectivity index (χ1v) is 11.7. The smallest absolute Gasteiger partial charge is 0.241 e. The number of amides is 1. The van der Waals surface area contributed by atoms with Gasteiger partial charge in [0, 0.05) is 31.4 Å². The standard InChI is InChI=1S/C21H25N3O5S/c1-30(26,27)24(18-8-9-19-20(12-18)29-15-28-19)14-21(25)22-13-16-4-6-17(7-5-16)23-10-2-3-11-23/h4-9,12H,2-3,10-11,13-15H2,1H3,(H,22,25). The van der Waals surface area contributed by atoms with E-state index in [4.69, 9.17) is 9.47 Å². The molecule has 2 heterocycles. The molecular weight excluding hydrogens is 406 g/mol. The lowest BCUT2D eigenvalue weighted by molar-refractivity contribution is -0.119. The Morgan fingerprint density at radius 3 is 2.47 bits per heavy atom. The molecule has 0 aromatic heterocycles. The third-order valence-electron chi connectivity index (χ3n) is 5.23. The summed E-state index contributed by atoms with van der Waals surface area (Å²) in [6, 6.07) is 12.9. The zero-order valence-corrected chi connectivity index (χ0v) is 17.7. The summed E-state index contributed by atoms with van der Waals surface area (Å²) in [5.74, 6) is 0.621. The van der Waals surface area contributed by atoms with Crippen LogP contribution in [-0.2, 0) is 21.4 Å². The Labute approximate surface area is 176 Å². The Balaban J connectivity index is 1.38. The number of hydrogen-bond acceptors (Lipinski definition) is 6. The van der Waals surface area contributed by atoms with E-state index in [1.54, 1.807) is 18.2 Å². The number of carbonyl (C=O) groups excluding carboxylic acids is 1. The lowest BCUT2D eigenvalue weighted by atomic mass is 10.2. The van der Waals surface area contributed by atoms with Crippen LogP contribution in [0.2, 0.25) is 0 Å². The molecule has 0 spiro atoms. The second-order valence-corrected chi connectivity index (χ2v) is 9.35. The molecule has 0 unspecified atom stereocenters. The number of rotatable bonds is 7. The predicted octanol–water partition coefficient (Wildman–Crippen LogP) is 2.10. The van der Waals surface area contributed by atoms with Gasteiger partial charge in [-0.3, -0.25) is 9.10 Å². The molecule has 0 atom stereocenters. The Morgan fingerprint density at radius 2 is 1.77 bits per heavy atom. The molecule has 9 heteroatoms. The first-order valence-electron chi connectivity index (χ1n) is 9.88. The fraction of sp³-hybridized carbons (Fsp3) is 0.381. The van der Waals surface area contributed by atoms with Gasteiger partial charge in [0.25, 0.3) is 0 Å². The number of fused-ring (bicyclic) bond motifs is 1. The summed E-state index contributed by atoms with van der Waals surface area (Å²) in [6.45, 7) is 2.27. The van der Waals surface area contributed by atoms with Crippen LogP contribution in [0.15, 0.2) is 42.5 Å². The highest BCUT2D eigenvalue weighted by atomic mass is 32.2. The summed E-state index contributed by atoms with van der Waals surface area (Å²) in [5.41, 5.74) is 2.50. The minimum Gasteiger partial charge on any atom is -0.454 e. The van der Waals surface area contributed by atoms with E-state index in [-0.39, 0.29) is 19.2 Å². The topological polar surface area (TPSA) is 88.2 Å². The van der Waals surface area contributed by atoms with Crippen molar-refractivity contribution >= 4 is 27.3 Å². The molecule has 0 bridgehead atoms. The van der Waals surface area contributed by atoms with Gasteiger partial charge in [-0.2, -0.15) is 0 Å². The molecule has 1 N–H and O–H groups in total. The molecule has 0 radical (unpaired) electrons. The minimum absolute atomic E-state index is 0.0920. The second-order valence-electron chi connectivity index (χ2n) is 7.44. The number of benzene rings is 2. The van der Waals surface area contributed by atoms with Gasteiger partial charge in [0.2, 0.25) is 22.7 Å². The highest BCUT2D eigenvalue weighted by Crippen LogP contribution is 2.36. The molecule has 2 aliphatic rings. The largest absolute Gasteiger partial charge is 0.454 e. The molecule has 8 nitrogen and oxygen atoms in total. The van der Waals surface area contributed by atoms with Gasteiger partial charge in [-0.1, -0.05) is 12.1 Å². The molecule has 0 saturated carbocycles. The summed E-state index contributed by atoms with van der Waals surface area (Å²) in [7, 11) is -3.66. The van der Waals surface area contributed by atoms with Crippen LogP contribution < -0.4 is 24.0 Å². The van der Waals surface area contributed by atoms with Gasteiger partial charge in [-0.05, 0) is 42.7 Å². The molecular formula is C21H25N3O5S. The van der Waals surface area contributed by atoms with Crippen molar-refractivity contribution in [3.05, 3.63) is 48.0 Å². The number of hydrogen-bond donors (Lipinski definition) is 1. The minimum atomic E-state index is -3.66. The van der Waals surface area contributed by atoms with E-state index < -0.39 is 10.0 Å². The first-order chi connectivity index (χ1) is 14.4. The summed E-state index contributed by atoms with van der Waals surface area (Å²) in [5, 5.41) is 2.80. The zero-order valence-electron chi connectivity index (χ0n) is 16.8. The lowest BCUT2D eigenvalue weighted by Gasteiger charge is -2.22. The van der Waals surface area contributed by atoms with E-state index in [0.717, 1.165) is 29.2 Å². The third-order valence-corrected chi connectivity index (χ3v) is 6.37. The monoisotopic (exact) mass is 431 g/mol. The van der Waals surface area contributed by atoms with Crippen molar-refractivity contribution in [2.75, 3.05) is 41.9 Å². The quantitative estimate of drug-likeness (QED) is 0.722. The van der Waals surface area contributed by atoms with Crippen LogP contribution in [0.5, 0.6) is 11.5 Å². The van der Waals surface area contributed by atoms with Gasteiger partial charge in [0.05, 0.1) is 11.9 Å². The van der Waals surface area contributed by atoms with Crippen molar-refractivity contribution in [2.24, 2.45) is 0 Å². The number of anilines is 2. The number of nitrogens with zero attached hydrogens (tertiary/aromatic N) is 2. The molecule has 160 valence electrons. The predicted molar refractivity (Wildman–Crippen MR) is 114 cm³/mol. The lowest BCUT2D eigenvalue weighted by Crippen LogP contribution is -2.40. The number of ether oxygens (including phenoxy) is 2. The van der Waals surface area contributed by atoms with E-state index in [0.29, 0.717) is 23.7 Å². The van der Waals surface area contributed by atoms with Crippen LogP contribution >= 0.6 is 0 Å². The Hall–Kier alpha value is -2.94. The maximum Gasteiger partial charge on any atom is 0.241 e. The maximum atomic E-state index is 12.5. The molecule has 1 saturated heterocycles. The fourth-order valence-corrected chi connectivity index (χ4v) is 4.48. The summed E-state index contributed by atoms with van der Waals surface area (Å²) < 4.78 is 36.2. The summed E-state index contributed by atoms with van der Waals surface area (Å²) >= 11 is 0. The van der Waals surface area contributed by atoms with Crippen molar-refractivity contribution in [1.82, 2.24) is 5.32 Å². The van der Waals surface area contributed by atoms with Gasteiger partial charge in [0.1, 0.15) is 6.54 Å². The molecule has 30 heavy (non-hydrogen) atoms. The molecule has 2 aromatic rings.